The number of furan rings is 1. The summed E-state index contributed by atoms with van der Waals surface area (Å²) in [5.41, 5.74) is 3.77. The minimum atomic E-state index is -0.286. The number of hydrogen-bond acceptors (Lipinski definition) is 5. The number of rotatable bonds is 7. The van der Waals surface area contributed by atoms with E-state index in [4.69, 9.17) is 9.15 Å². The second-order valence-corrected chi connectivity index (χ2v) is 8.99. The van der Waals surface area contributed by atoms with Crippen LogP contribution in [0.2, 0.25) is 0 Å². The Labute approximate surface area is 206 Å². The molecule has 1 fully saturated rings. The molecular formula is C27H34N4O4. The lowest BCUT2D eigenvalue weighted by molar-refractivity contribution is -0.117. The number of aryl methyl sites for hydroxylation is 1. The first kappa shape index (κ1) is 24.6. The highest BCUT2D eigenvalue weighted by atomic mass is 16.5. The molecule has 8 nitrogen and oxygen atoms in total. The Kier molecular flexibility index (Phi) is 7.60. The molecule has 1 atom stereocenters. The van der Waals surface area contributed by atoms with E-state index in [0.717, 1.165) is 22.2 Å². The SMILES string of the molecule is CCOc1cccc2cc([C@@H](C)NC(=O)N3CCN(CC(=O)Nc4cccc(C)c4C)CC3)oc12. The van der Waals surface area contributed by atoms with Crippen LogP contribution in [0.1, 0.15) is 36.8 Å². The first-order valence-electron chi connectivity index (χ1n) is 12.1. The number of amides is 3. The highest BCUT2D eigenvalue weighted by molar-refractivity contribution is 5.93. The molecule has 2 aromatic carbocycles. The van der Waals surface area contributed by atoms with Crippen LogP contribution in [0.15, 0.2) is 46.9 Å². The number of ether oxygens (including phenoxy) is 1. The number of para-hydroxylation sites is 1. The Bertz CT molecular complexity index is 1200. The van der Waals surface area contributed by atoms with E-state index in [0.29, 0.717) is 56.4 Å². The van der Waals surface area contributed by atoms with E-state index in [-0.39, 0.29) is 18.0 Å². The smallest absolute Gasteiger partial charge is 0.318 e. The fourth-order valence-electron chi connectivity index (χ4n) is 4.27. The summed E-state index contributed by atoms with van der Waals surface area (Å²) >= 11 is 0. The molecule has 0 radical (unpaired) electrons. The number of urea groups is 1. The Morgan fingerprint density at radius 1 is 1.09 bits per heavy atom. The van der Waals surface area contributed by atoms with Gasteiger partial charge in [-0.05, 0) is 57.0 Å². The van der Waals surface area contributed by atoms with E-state index in [1.807, 2.05) is 70.2 Å². The second-order valence-electron chi connectivity index (χ2n) is 8.99. The lowest BCUT2D eigenvalue weighted by Crippen LogP contribution is -2.53. The number of benzene rings is 2. The van der Waals surface area contributed by atoms with Gasteiger partial charge >= 0.3 is 6.03 Å². The van der Waals surface area contributed by atoms with Crippen LogP contribution in [0.4, 0.5) is 10.5 Å². The number of fused-ring (bicyclic) bond motifs is 1. The summed E-state index contributed by atoms with van der Waals surface area (Å²) in [5, 5.41) is 6.98. The van der Waals surface area contributed by atoms with Crippen molar-refractivity contribution in [3.05, 3.63) is 59.4 Å². The van der Waals surface area contributed by atoms with Crippen molar-refractivity contribution < 1.29 is 18.7 Å². The summed E-state index contributed by atoms with van der Waals surface area (Å²) in [5.74, 6) is 1.34. The minimum absolute atomic E-state index is 0.0402. The van der Waals surface area contributed by atoms with E-state index >= 15 is 0 Å². The summed E-state index contributed by atoms with van der Waals surface area (Å²) in [6.45, 7) is 11.1. The highest BCUT2D eigenvalue weighted by Gasteiger charge is 2.25. The van der Waals surface area contributed by atoms with Crippen molar-refractivity contribution in [1.82, 2.24) is 15.1 Å². The zero-order chi connectivity index (χ0) is 24.9. The topological polar surface area (TPSA) is 87.0 Å². The molecule has 1 aromatic heterocycles. The Balaban J connectivity index is 1.27. The monoisotopic (exact) mass is 478 g/mol. The van der Waals surface area contributed by atoms with E-state index in [1.165, 1.54) is 0 Å². The van der Waals surface area contributed by atoms with Gasteiger partial charge in [-0.15, -0.1) is 0 Å². The number of nitrogens with one attached hydrogen (secondary N) is 2. The molecule has 186 valence electrons. The summed E-state index contributed by atoms with van der Waals surface area (Å²) in [6, 6.07) is 13.2. The van der Waals surface area contributed by atoms with Crippen molar-refractivity contribution in [2.24, 2.45) is 0 Å². The lowest BCUT2D eigenvalue weighted by Gasteiger charge is -2.34. The molecule has 1 saturated heterocycles. The van der Waals surface area contributed by atoms with Gasteiger partial charge < -0.3 is 24.7 Å². The standard InChI is InChI=1S/C27H34N4O4/c1-5-34-23-11-7-9-21-16-24(35-26(21)23)20(4)28-27(33)31-14-12-30(13-15-31)17-25(32)29-22-10-6-8-18(2)19(22)3/h6-11,16,20H,5,12-15,17H2,1-4H3,(H,28,33)(H,29,32)/t20-/m1/s1. The van der Waals surface area contributed by atoms with E-state index in [1.54, 1.807) is 4.90 Å². The lowest BCUT2D eigenvalue weighted by atomic mass is 10.1. The molecule has 3 aromatic rings. The van der Waals surface area contributed by atoms with Gasteiger partial charge in [-0.2, -0.15) is 0 Å². The molecule has 2 heterocycles. The molecule has 0 saturated carbocycles. The number of carbonyl (C=O) groups excluding carboxylic acids is 2. The van der Waals surface area contributed by atoms with Crippen LogP contribution < -0.4 is 15.4 Å². The van der Waals surface area contributed by atoms with Gasteiger partial charge in [-0.25, -0.2) is 4.79 Å². The normalized spacial score (nSPS) is 15.1. The molecule has 4 rings (SSSR count). The fraction of sp³-hybridized carbons (Fsp3) is 0.407. The summed E-state index contributed by atoms with van der Waals surface area (Å²) in [4.78, 5) is 29.2. The van der Waals surface area contributed by atoms with Gasteiger partial charge in [0, 0.05) is 37.3 Å². The maximum absolute atomic E-state index is 12.9. The van der Waals surface area contributed by atoms with Crippen LogP contribution in [0.5, 0.6) is 5.75 Å². The van der Waals surface area contributed by atoms with Gasteiger partial charge in [-0.1, -0.05) is 24.3 Å². The fourth-order valence-corrected chi connectivity index (χ4v) is 4.27. The molecule has 1 aliphatic heterocycles. The van der Waals surface area contributed by atoms with Gasteiger partial charge in [0.2, 0.25) is 5.91 Å². The maximum Gasteiger partial charge on any atom is 0.318 e. The quantitative estimate of drug-likeness (QED) is 0.523. The molecule has 1 aliphatic rings. The largest absolute Gasteiger partial charge is 0.490 e. The molecule has 0 unspecified atom stereocenters. The molecule has 8 heteroatoms. The van der Waals surface area contributed by atoms with E-state index < -0.39 is 0 Å². The van der Waals surface area contributed by atoms with Crippen LogP contribution in [0.25, 0.3) is 11.0 Å². The summed E-state index contributed by atoms with van der Waals surface area (Å²) in [6.07, 6.45) is 0. The third-order valence-electron chi connectivity index (χ3n) is 6.50. The molecule has 0 aliphatic carbocycles. The molecule has 0 bridgehead atoms. The van der Waals surface area contributed by atoms with Crippen LogP contribution in [0, 0.1) is 13.8 Å². The molecule has 0 spiro atoms. The summed E-state index contributed by atoms with van der Waals surface area (Å²) < 4.78 is 11.7. The Morgan fingerprint density at radius 2 is 1.83 bits per heavy atom. The van der Waals surface area contributed by atoms with Gasteiger partial charge in [0.25, 0.3) is 0 Å². The van der Waals surface area contributed by atoms with Gasteiger partial charge in [0.15, 0.2) is 11.3 Å². The number of piperazine rings is 1. The number of hydrogen-bond donors (Lipinski definition) is 2. The van der Waals surface area contributed by atoms with Gasteiger partial charge in [-0.3, -0.25) is 9.69 Å². The first-order valence-corrected chi connectivity index (χ1v) is 12.1. The predicted molar refractivity (Wildman–Crippen MR) is 137 cm³/mol. The number of anilines is 1. The first-order chi connectivity index (χ1) is 16.9. The van der Waals surface area contributed by atoms with Gasteiger partial charge in [0.05, 0.1) is 19.2 Å². The molecular weight excluding hydrogens is 444 g/mol. The van der Waals surface area contributed by atoms with Crippen LogP contribution >= 0.6 is 0 Å². The van der Waals surface area contributed by atoms with Crippen molar-refractivity contribution in [1.29, 1.82) is 0 Å². The van der Waals surface area contributed by atoms with Crippen molar-refractivity contribution in [2.45, 2.75) is 33.7 Å². The van der Waals surface area contributed by atoms with Crippen LogP contribution in [0.3, 0.4) is 0 Å². The number of carbonyl (C=O) groups is 2. The highest BCUT2D eigenvalue weighted by Crippen LogP contribution is 2.31. The van der Waals surface area contributed by atoms with Crippen molar-refractivity contribution in [2.75, 3.05) is 44.6 Å². The predicted octanol–water partition coefficient (Wildman–Crippen LogP) is 4.48. The average Bonchev–Trinajstić information content (AvgIpc) is 3.28. The third-order valence-corrected chi connectivity index (χ3v) is 6.50. The van der Waals surface area contributed by atoms with E-state index in [2.05, 4.69) is 15.5 Å². The zero-order valence-corrected chi connectivity index (χ0v) is 20.9. The molecule has 3 amide bonds. The van der Waals surface area contributed by atoms with E-state index in [9.17, 15) is 9.59 Å². The second kappa shape index (κ2) is 10.8. The van der Waals surface area contributed by atoms with Crippen LogP contribution in [-0.2, 0) is 4.79 Å². The maximum atomic E-state index is 12.9. The zero-order valence-electron chi connectivity index (χ0n) is 20.9. The van der Waals surface area contributed by atoms with Gasteiger partial charge in [0.1, 0.15) is 5.76 Å². The average molecular weight is 479 g/mol. The third kappa shape index (κ3) is 5.77. The Hall–Kier alpha value is -3.52. The van der Waals surface area contributed by atoms with Crippen molar-refractivity contribution in [3.8, 4) is 5.75 Å². The minimum Gasteiger partial charge on any atom is -0.490 e. The number of nitrogens with zero attached hydrogens (tertiary/aromatic N) is 2. The molecule has 35 heavy (non-hydrogen) atoms. The van der Waals surface area contributed by atoms with Crippen LogP contribution in [-0.4, -0.2) is 61.1 Å². The molecule has 2 N–H and O–H groups in total. The Morgan fingerprint density at radius 3 is 2.57 bits per heavy atom. The van der Waals surface area contributed by atoms with Crippen molar-refractivity contribution in [3.63, 3.8) is 0 Å². The summed E-state index contributed by atoms with van der Waals surface area (Å²) in [7, 11) is 0. The van der Waals surface area contributed by atoms with Crippen molar-refractivity contribution >= 4 is 28.6 Å².